The number of esters is 2. The summed E-state index contributed by atoms with van der Waals surface area (Å²) in [7, 11) is 0.950. The highest BCUT2D eigenvalue weighted by Gasteiger charge is 2.32. The van der Waals surface area contributed by atoms with Gasteiger partial charge in [-0.15, -0.1) is 0 Å². The minimum atomic E-state index is -2.47. The maximum absolute atomic E-state index is 13.9. The number of carbonyl (C=O) groups excluding carboxylic acids is 4. The van der Waals surface area contributed by atoms with E-state index in [1.165, 1.54) is 0 Å². The van der Waals surface area contributed by atoms with E-state index in [1.807, 2.05) is 0 Å². The molecule has 1 atom stereocenters. The van der Waals surface area contributed by atoms with Crippen LogP contribution in [0.1, 0.15) is 33.6 Å². The van der Waals surface area contributed by atoms with E-state index in [0.717, 1.165) is 7.11 Å². The summed E-state index contributed by atoms with van der Waals surface area (Å²) in [5, 5.41) is 4.65. The lowest BCUT2D eigenvalue weighted by molar-refractivity contribution is -0.147. The van der Waals surface area contributed by atoms with Gasteiger partial charge in [-0.3, -0.25) is 9.59 Å². The monoisotopic (exact) mass is 748 g/mol. The summed E-state index contributed by atoms with van der Waals surface area (Å²) < 4.78 is 114. The maximum Gasteiger partial charge on any atom is 0.407 e. The first-order chi connectivity index (χ1) is 24.2. The largest absolute Gasteiger partial charge is 0.469 e. The Hall–Kier alpha value is -3.69. The van der Waals surface area contributed by atoms with Crippen molar-refractivity contribution in [1.29, 1.82) is 0 Å². The highest BCUT2D eigenvalue weighted by atomic mass is 19.2. The number of rotatable bonds is 26. The van der Waals surface area contributed by atoms with Gasteiger partial charge in [0.05, 0.1) is 92.8 Å². The molecule has 1 rings (SSSR count). The van der Waals surface area contributed by atoms with Crippen LogP contribution in [0, 0.1) is 29.1 Å². The van der Waals surface area contributed by atoms with Crippen LogP contribution < -0.4 is 15.4 Å². The second-order valence-electron chi connectivity index (χ2n) is 11.1. The number of carbonyl (C=O) groups is 4. The molecule has 0 fully saturated rings. The molecule has 0 heterocycles. The van der Waals surface area contributed by atoms with Crippen LogP contribution in [0.3, 0.4) is 0 Å². The predicted molar refractivity (Wildman–Crippen MR) is 164 cm³/mol. The molecule has 51 heavy (non-hydrogen) atoms. The average molecular weight is 749 g/mol. The van der Waals surface area contributed by atoms with E-state index in [1.54, 1.807) is 20.8 Å². The van der Waals surface area contributed by atoms with Gasteiger partial charge in [0.2, 0.25) is 40.7 Å². The van der Waals surface area contributed by atoms with Crippen molar-refractivity contribution in [1.82, 2.24) is 10.6 Å². The van der Waals surface area contributed by atoms with Gasteiger partial charge in [0, 0.05) is 13.0 Å². The van der Waals surface area contributed by atoms with Crippen LogP contribution in [-0.2, 0) is 52.3 Å². The zero-order chi connectivity index (χ0) is 38.2. The number of nitrogens with one attached hydrogen (secondary N) is 2. The molecule has 2 amide bonds. The number of benzene rings is 1. The fraction of sp³-hybridized carbons (Fsp3) is 0.677. The van der Waals surface area contributed by atoms with Crippen molar-refractivity contribution < 1.29 is 83.8 Å². The van der Waals surface area contributed by atoms with E-state index < -0.39 is 76.8 Å². The van der Waals surface area contributed by atoms with Crippen molar-refractivity contribution in [2.24, 2.45) is 0 Å². The summed E-state index contributed by atoms with van der Waals surface area (Å²) in [5.74, 6) is -17.5. The third-order valence-electron chi connectivity index (χ3n) is 5.84. The minimum Gasteiger partial charge on any atom is -0.469 e. The Morgan fingerprint density at radius 2 is 1.04 bits per heavy atom. The number of methoxy groups -OCH3 is 1. The first-order valence-electron chi connectivity index (χ1n) is 15.7. The lowest BCUT2D eigenvalue weighted by Gasteiger charge is -2.19. The van der Waals surface area contributed by atoms with Gasteiger partial charge >= 0.3 is 18.0 Å². The predicted octanol–water partition coefficient (Wildman–Crippen LogP) is 2.35. The summed E-state index contributed by atoms with van der Waals surface area (Å²) in [5.41, 5.74) is -0.560. The van der Waals surface area contributed by atoms with E-state index in [-0.39, 0.29) is 39.5 Å². The quantitative estimate of drug-likeness (QED) is 0.0353. The highest BCUT2D eigenvalue weighted by Crippen LogP contribution is 2.29. The maximum atomic E-state index is 13.9. The Labute approximate surface area is 291 Å². The molecule has 0 unspecified atom stereocenters. The van der Waals surface area contributed by atoms with Crippen LogP contribution >= 0.6 is 0 Å². The molecule has 2 N–H and O–H groups in total. The molecule has 292 valence electrons. The number of halogens is 5. The van der Waals surface area contributed by atoms with Crippen LogP contribution in [0.5, 0.6) is 5.75 Å². The van der Waals surface area contributed by atoms with Crippen LogP contribution in [0.15, 0.2) is 0 Å². The molecule has 1 aromatic carbocycles. The number of ether oxygens (including phenoxy) is 9. The number of hydrogen-bond donors (Lipinski definition) is 2. The van der Waals surface area contributed by atoms with E-state index in [2.05, 4.69) is 20.1 Å². The molecule has 0 radical (unpaired) electrons. The molecule has 1 aromatic rings. The zero-order valence-corrected chi connectivity index (χ0v) is 28.9. The third kappa shape index (κ3) is 20.1. The summed E-state index contributed by atoms with van der Waals surface area (Å²) in [4.78, 5) is 47.8. The van der Waals surface area contributed by atoms with Gasteiger partial charge in [0.1, 0.15) is 11.6 Å². The van der Waals surface area contributed by atoms with Crippen molar-refractivity contribution >= 4 is 23.9 Å². The summed E-state index contributed by atoms with van der Waals surface area (Å²) in [6.07, 6.45) is -1.72. The normalized spacial score (nSPS) is 11.9. The van der Waals surface area contributed by atoms with Gasteiger partial charge in [-0.05, 0) is 20.8 Å². The van der Waals surface area contributed by atoms with Crippen molar-refractivity contribution in [3.8, 4) is 5.75 Å². The van der Waals surface area contributed by atoms with Crippen LogP contribution in [0.2, 0.25) is 0 Å². The van der Waals surface area contributed by atoms with Crippen molar-refractivity contribution in [2.45, 2.75) is 45.3 Å². The summed E-state index contributed by atoms with van der Waals surface area (Å²) in [6.45, 7) is 8.72. The molecule has 0 aliphatic carbocycles. The SMILES string of the molecule is COC(=O)C[C@H](NC(=O)CCOCCOCCOCCOCCOCCOCCNC(=O)OC(C)(C)C)C(=O)Oc1c(F)c(F)c(F)c(F)c1F. The Bertz CT molecular complexity index is 1210. The minimum absolute atomic E-state index is 0.0816. The zero-order valence-electron chi connectivity index (χ0n) is 28.9. The highest BCUT2D eigenvalue weighted by molar-refractivity contribution is 5.89. The molecule has 15 nitrogen and oxygen atoms in total. The molecule has 0 spiro atoms. The van der Waals surface area contributed by atoms with Gasteiger partial charge in [-0.1, -0.05) is 0 Å². The Morgan fingerprint density at radius 1 is 0.627 bits per heavy atom. The van der Waals surface area contributed by atoms with E-state index in [4.69, 9.17) is 33.2 Å². The second kappa shape index (κ2) is 25.3. The fourth-order valence-corrected chi connectivity index (χ4v) is 3.46. The van der Waals surface area contributed by atoms with Crippen LogP contribution in [-0.4, -0.2) is 129 Å². The van der Waals surface area contributed by atoms with Crippen LogP contribution in [0.4, 0.5) is 26.7 Å². The van der Waals surface area contributed by atoms with E-state index >= 15 is 0 Å². The van der Waals surface area contributed by atoms with Gasteiger partial charge in [-0.25, -0.2) is 22.8 Å². The summed E-state index contributed by atoms with van der Waals surface area (Å²) in [6, 6.07) is -1.89. The van der Waals surface area contributed by atoms with E-state index in [0.29, 0.717) is 52.8 Å². The lowest BCUT2D eigenvalue weighted by atomic mass is 10.2. The Balaban J connectivity index is 2.09. The molecule has 0 aliphatic heterocycles. The number of amides is 2. The number of alkyl carbamates (subject to hydrolysis) is 1. The van der Waals surface area contributed by atoms with Gasteiger partial charge in [0.25, 0.3) is 0 Å². The Kier molecular flexibility index (Phi) is 22.5. The van der Waals surface area contributed by atoms with Gasteiger partial charge < -0.3 is 53.3 Å². The van der Waals surface area contributed by atoms with Crippen molar-refractivity contribution in [3.63, 3.8) is 0 Å². The topological polar surface area (TPSA) is 175 Å². The molecular formula is C31H45F5N2O13. The van der Waals surface area contributed by atoms with Gasteiger partial charge in [0.15, 0.2) is 0 Å². The Morgan fingerprint density at radius 3 is 1.47 bits per heavy atom. The average Bonchev–Trinajstić information content (AvgIpc) is 3.07. The lowest BCUT2D eigenvalue weighted by Crippen LogP contribution is -2.45. The van der Waals surface area contributed by atoms with Gasteiger partial charge in [-0.2, -0.15) is 8.78 Å². The first-order valence-corrected chi connectivity index (χ1v) is 15.7. The molecule has 0 saturated carbocycles. The number of hydrogen-bond acceptors (Lipinski definition) is 13. The third-order valence-corrected chi connectivity index (χ3v) is 5.84. The van der Waals surface area contributed by atoms with Crippen molar-refractivity contribution in [2.75, 3.05) is 92.9 Å². The fourth-order valence-electron chi connectivity index (χ4n) is 3.46. The molecule has 0 aromatic heterocycles. The summed E-state index contributed by atoms with van der Waals surface area (Å²) >= 11 is 0. The smallest absolute Gasteiger partial charge is 0.407 e. The first kappa shape index (κ1) is 45.3. The molecule has 0 aliphatic rings. The standard InChI is InChI=1S/C31H45F5N2O13/c1-31(2,3)51-30(42)37-6-8-45-10-12-47-14-16-49-18-17-48-15-13-46-11-9-44-7-5-21(39)38-20(19-22(40)43-4)29(41)50-28-26(35)24(33)23(32)25(34)27(28)36/h20H,5-19H2,1-4H3,(H,37,42)(H,38,39)/t20-/m0/s1. The molecule has 20 heteroatoms. The van der Waals surface area contributed by atoms with Crippen molar-refractivity contribution in [3.05, 3.63) is 29.1 Å². The second-order valence-corrected chi connectivity index (χ2v) is 11.1. The molecule has 0 bridgehead atoms. The van der Waals surface area contributed by atoms with E-state index in [9.17, 15) is 41.1 Å². The van der Waals surface area contributed by atoms with Crippen LogP contribution in [0.25, 0.3) is 0 Å². The molecular weight excluding hydrogens is 703 g/mol. The molecule has 0 saturated heterocycles.